The molecule has 0 saturated heterocycles. The van der Waals surface area contributed by atoms with Crippen LogP contribution in [0.15, 0.2) is 47.6 Å². The van der Waals surface area contributed by atoms with Gasteiger partial charge in [0.15, 0.2) is 5.82 Å². The van der Waals surface area contributed by atoms with Crippen molar-refractivity contribution in [2.75, 3.05) is 11.2 Å². The maximum atomic E-state index is 13.2. The number of rotatable bonds is 5. The predicted octanol–water partition coefficient (Wildman–Crippen LogP) is 4.22. The topological polar surface area (TPSA) is 85.8 Å². The Bertz CT molecular complexity index is 980. The lowest BCUT2D eigenvalue weighted by atomic mass is 10.2. The summed E-state index contributed by atoms with van der Waals surface area (Å²) in [6, 6.07) is 11.0. The number of anilines is 1. The molecule has 1 heterocycles. The van der Waals surface area contributed by atoms with E-state index in [9.17, 15) is 9.18 Å². The van der Waals surface area contributed by atoms with Gasteiger partial charge in [-0.3, -0.25) is 4.79 Å². The van der Waals surface area contributed by atoms with Gasteiger partial charge in [-0.15, -0.1) is 10.2 Å². The quantitative estimate of drug-likeness (QED) is 0.471. The lowest BCUT2D eigenvalue weighted by Gasteiger charge is -2.12. The molecule has 0 aliphatic carbocycles. The van der Waals surface area contributed by atoms with Crippen molar-refractivity contribution in [1.29, 1.82) is 0 Å². The third-order valence-electron chi connectivity index (χ3n) is 3.61. The van der Waals surface area contributed by atoms with E-state index < -0.39 is 11.1 Å². The van der Waals surface area contributed by atoms with Crippen LogP contribution < -0.4 is 11.2 Å². The van der Waals surface area contributed by atoms with E-state index in [1.807, 2.05) is 0 Å². The largest absolute Gasteiger partial charge is 0.335 e. The van der Waals surface area contributed by atoms with Gasteiger partial charge in [-0.1, -0.05) is 35.0 Å². The van der Waals surface area contributed by atoms with Gasteiger partial charge in [-0.25, -0.2) is 9.07 Å². The average Bonchev–Trinajstić information content (AvgIpc) is 2.99. The second-order valence-corrected chi connectivity index (χ2v) is 7.71. The molecule has 1 aromatic heterocycles. The maximum Gasteiger partial charge on any atom is 0.237 e. The molecule has 27 heavy (non-hydrogen) atoms. The van der Waals surface area contributed by atoms with Gasteiger partial charge < -0.3 is 11.2 Å². The zero-order chi connectivity index (χ0) is 19.6. The third kappa shape index (κ3) is 4.52. The molecule has 3 aromatic rings. The molecule has 0 aliphatic rings. The molecule has 140 valence electrons. The number of nitrogens with one attached hydrogen (secondary N) is 1. The number of aromatic nitrogens is 3. The highest BCUT2D eigenvalue weighted by Crippen LogP contribution is 2.26. The average molecular weight is 426 g/mol. The van der Waals surface area contributed by atoms with Gasteiger partial charge in [-0.2, -0.15) is 0 Å². The number of nitrogens with two attached hydrogens (primary N) is 1. The molecule has 3 rings (SSSR count). The van der Waals surface area contributed by atoms with Gasteiger partial charge in [0, 0.05) is 16.3 Å². The molecule has 0 bridgehead atoms. The number of nitrogens with zero attached hydrogens (tertiary/aromatic N) is 3. The summed E-state index contributed by atoms with van der Waals surface area (Å²) in [6.07, 6.45) is 0. The van der Waals surface area contributed by atoms with E-state index in [4.69, 9.17) is 29.0 Å². The Labute approximate surface area is 168 Å². The van der Waals surface area contributed by atoms with E-state index in [1.165, 1.54) is 22.9 Å². The molecule has 0 saturated carbocycles. The molecule has 10 heteroatoms. The van der Waals surface area contributed by atoms with E-state index in [0.29, 0.717) is 21.7 Å². The van der Waals surface area contributed by atoms with Crippen molar-refractivity contribution in [2.45, 2.75) is 17.3 Å². The molecule has 6 nitrogen and oxygen atoms in total. The molecule has 1 atom stereocenters. The Balaban J connectivity index is 1.70. The maximum absolute atomic E-state index is 13.2. The number of benzene rings is 2. The van der Waals surface area contributed by atoms with Crippen LogP contribution in [0.5, 0.6) is 0 Å². The van der Waals surface area contributed by atoms with Crippen molar-refractivity contribution in [3.8, 4) is 11.4 Å². The molecule has 3 N–H and O–H groups in total. The van der Waals surface area contributed by atoms with Crippen LogP contribution in [0.2, 0.25) is 10.0 Å². The highest BCUT2D eigenvalue weighted by molar-refractivity contribution is 8.00. The van der Waals surface area contributed by atoms with E-state index in [2.05, 4.69) is 15.5 Å². The highest BCUT2D eigenvalue weighted by Gasteiger charge is 2.20. The first kappa shape index (κ1) is 19.5. The highest BCUT2D eigenvalue weighted by atomic mass is 35.5. The lowest BCUT2D eigenvalue weighted by Crippen LogP contribution is -2.23. The van der Waals surface area contributed by atoms with E-state index in [0.717, 1.165) is 17.3 Å². The van der Waals surface area contributed by atoms with Gasteiger partial charge in [0.1, 0.15) is 5.82 Å². The molecule has 0 fully saturated rings. The summed E-state index contributed by atoms with van der Waals surface area (Å²) >= 11 is 12.7. The number of carbonyl (C=O) groups is 1. The molecule has 0 aliphatic heterocycles. The Kier molecular flexibility index (Phi) is 5.88. The fourth-order valence-electron chi connectivity index (χ4n) is 2.18. The lowest BCUT2D eigenvalue weighted by molar-refractivity contribution is -0.115. The first-order valence-electron chi connectivity index (χ1n) is 7.74. The van der Waals surface area contributed by atoms with Crippen LogP contribution in [-0.4, -0.2) is 26.0 Å². The Hall–Kier alpha value is -2.29. The van der Waals surface area contributed by atoms with Crippen LogP contribution in [0.25, 0.3) is 11.4 Å². The summed E-state index contributed by atoms with van der Waals surface area (Å²) in [5, 5.41) is 11.2. The van der Waals surface area contributed by atoms with Crippen LogP contribution >= 0.6 is 35.0 Å². The van der Waals surface area contributed by atoms with Crippen LogP contribution in [0, 0.1) is 5.82 Å². The summed E-state index contributed by atoms with van der Waals surface area (Å²) in [5.41, 5.74) is 1.15. The SMILES string of the molecule is CC(Sc1nnc(-c2ccc(Cl)cc2)n1N)C(=O)Nc1ccc(F)c(Cl)c1. The van der Waals surface area contributed by atoms with Crippen molar-refractivity contribution in [2.24, 2.45) is 0 Å². The van der Waals surface area contributed by atoms with Crippen LogP contribution in [-0.2, 0) is 4.79 Å². The van der Waals surface area contributed by atoms with Crippen molar-refractivity contribution < 1.29 is 9.18 Å². The second-order valence-electron chi connectivity index (χ2n) is 5.56. The van der Waals surface area contributed by atoms with Gasteiger partial charge in [0.25, 0.3) is 0 Å². The molecule has 0 radical (unpaired) electrons. The number of thioether (sulfide) groups is 1. The molecule has 2 aromatic carbocycles. The van der Waals surface area contributed by atoms with E-state index in [1.54, 1.807) is 31.2 Å². The fourth-order valence-corrected chi connectivity index (χ4v) is 3.26. The minimum atomic E-state index is -0.553. The molecular formula is C17H14Cl2FN5OS. The van der Waals surface area contributed by atoms with Crippen molar-refractivity contribution in [1.82, 2.24) is 14.9 Å². The van der Waals surface area contributed by atoms with Crippen LogP contribution in [0.4, 0.5) is 10.1 Å². The number of nitrogen functional groups attached to an aromatic ring is 1. The minimum absolute atomic E-state index is 0.0672. The zero-order valence-electron chi connectivity index (χ0n) is 14.0. The normalized spacial score (nSPS) is 12.0. The van der Waals surface area contributed by atoms with Crippen LogP contribution in [0.3, 0.4) is 0 Å². The van der Waals surface area contributed by atoms with Crippen molar-refractivity contribution >= 4 is 46.6 Å². The van der Waals surface area contributed by atoms with Gasteiger partial charge in [0.05, 0.1) is 10.3 Å². The molecule has 1 unspecified atom stereocenters. The smallest absolute Gasteiger partial charge is 0.237 e. The van der Waals surface area contributed by atoms with E-state index in [-0.39, 0.29) is 10.9 Å². The number of carbonyl (C=O) groups excluding carboxylic acids is 1. The summed E-state index contributed by atoms with van der Waals surface area (Å²) in [4.78, 5) is 12.4. The van der Waals surface area contributed by atoms with Crippen molar-refractivity contribution in [3.05, 3.63) is 58.3 Å². The first-order chi connectivity index (χ1) is 12.8. The van der Waals surface area contributed by atoms with E-state index >= 15 is 0 Å². The number of hydrogen-bond acceptors (Lipinski definition) is 5. The van der Waals surface area contributed by atoms with Gasteiger partial charge in [-0.05, 0) is 49.4 Å². The second kappa shape index (κ2) is 8.16. The monoisotopic (exact) mass is 425 g/mol. The van der Waals surface area contributed by atoms with Crippen LogP contribution in [0.1, 0.15) is 6.92 Å². The zero-order valence-corrected chi connectivity index (χ0v) is 16.3. The van der Waals surface area contributed by atoms with Gasteiger partial charge >= 0.3 is 0 Å². The Morgan fingerprint density at radius 2 is 1.93 bits per heavy atom. The Morgan fingerprint density at radius 1 is 1.22 bits per heavy atom. The number of halogens is 3. The summed E-state index contributed by atoms with van der Waals surface area (Å²) in [6.45, 7) is 1.70. The number of hydrogen-bond donors (Lipinski definition) is 2. The summed E-state index contributed by atoms with van der Waals surface area (Å²) < 4.78 is 14.5. The van der Waals surface area contributed by atoms with Crippen molar-refractivity contribution in [3.63, 3.8) is 0 Å². The summed E-state index contributed by atoms with van der Waals surface area (Å²) in [7, 11) is 0. The fraction of sp³-hybridized carbons (Fsp3) is 0.118. The van der Waals surface area contributed by atoms with Gasteiger partial charge in [0.2, 0.25) is 11.1 Å². The molecule has 1 amide bonds. The Morgan fingerprint density at radius 3 is 2.59 bits per heavy atom. The first-order valence-corrected chi connectivity index (χ1v) is 9.37. The standard InChI is InChI=1S/C17H14Cl2FN5OS/c1-9(16(26)22-12-6-7-14(20)13(19)8-12)27-17-24-23-15(25(17)21)10-2-4-11(18)5-3-10/h2-9H,21H2,1H3,(H,22,26). The molecular weight excluding hydrogens is 412 g/mol. The predicted molar refractivity (Wildman–Crippen MR) is 106 cm³/mol. The third-order valence-corrected chi connectivity index (χ3v) is 5.20. The number of amides is 1. The minimum Gasteiger partial charge on any atom is -0.335 e. The summed E-state index contributed by atoms with van der Waals surface area (Å²) in [5.74, 6) is 5.65. The molecule has 0 spiro atoms.